The minimum absolute atomic E-state index is 0.0267. The fourth-order valence-electron chi connectivity index (χ4n) is 2.44. The SMILES string of the molecule is CCCC=CCN1CCC(n2cc(CO)nn2)CC1. The lowest BCUT2D eigenvalue weighted by Gasteiger charge is -2.30. The Morgan fingerprint density at radius 3 is 2.79 bits per heavy atom. The van der Waals surface area contributed by atoms with Crippen LogP contribution in [0.5, 0.6) is 0 Å². The summed E-state index contributed by atoms with van der Waals surface area (Å²) in [7, 11) is 0. The largest absolute Gasteiger partial charge is 0.390 e. The van der Waals surface area contributed by atoms with Crippen molar-refractivity contribution in [3.8, 4) is 0 Å². The summed E-state index contributed by atoms with van der Waals surface area (Å²) in [5, 5.41) is 17.0. The molecule has 0 atom stereocenters. The van der Waals surface area contributed by atoms with E-state index in [1.165, 1.54) is 12.8 Å². The normalized spacial score (nSPS) is 18.4. The monoisotopic (exact) mass is 264 g/mol. The van der Waals surface area contributed by atoms with Crippen LogP contribution in [0.1, 0.15) is 44.3 Å². The zero-order valence-electron chi connectivity index (χ0n) is 11.7. The van der Waals surface area contributed by atoms with Crippen LogP contribution in [0.25, 0.3) is 0 Å². The van der Waals surface area contributed by atoms with Gasteiger partial charge < -0.3 is 5.11 Å². The molecule has 106 valence electrons. The van der Waals surface area contributed by atoms with Gasteiger partial charge in [0.2, 0.25) is 0 Å². The van der Waals surface area contributed by atoms with Gasteiger partial charge in [0, 0.05) is 19.6 Å². The number of aliphatic hydroxyl groups excluding tert-OH is 1. The Hall–Kier alpha value is -1.20. The van der Waals surface area contributed by atoms with Gasteiger partial charge in [-0.05, 0) is 19.3 Å². The molecule has 0 spiro atoms. The Balaban J connectivity index is 1.75. The molecular formula is C14H24N4O. The van der Waals surface area contributed by atoms with Gasteiger partial charge in [0.15, 0.2) is 0 Å². The van der Waals surface area contributed by atoms with Gasteiger partial charge in [-0.2, -0.15) is 0 Å². The predicted molar refractivity (Wildman–Crippen MR) is 74.7 cm³/mol. The van der Waals surface area contributed by atoms with Crippen molar-refractivity contribution in [2.45, 2.75) is 45.3 Å². The third-order valence-corrected chi connectivity index (χ3v) is 3.64. The smallest absolute Gasteiger partial charge is 0.108 e. The minimum atomic E-state index is -0.0267. The van der Waals surface area contributed by atoms with Crippen LogP contribution in [0.2, 0.25) is 0 Å². The van der Waals surface area contributed by atoms with E-state index in [0.717, 1.165) is 32.5 Å². The number of hydrogen-bond donors (Lipinski definition) is 1. The van der Waals surface area contributed by atoms with Crippen LogP contribution in [0.3, 0.4) is 0 Å². The zero-order chi connectivity index (χ0) is 13.5. The number of aliphatic hydroxyl groups is 1. The van der Waals surface area contributed by atoms with Crippen molar-refractivity contribution >= 4 is 0 Å². The molecule has 1 aliphatic heterocycles. The second-order valence-corrected chi connectivity index (χ2v) is 5.14. The average Bonchev–Trinajstić information content (AvgIpc) is 2.93. The third-order valence-electron chi connectivity index (χ3n) is 3.64. The van der Waals surface area contributed by atoms with E-state index in [9.17, 15) is 0 Å². The maximum Gasteiger partial charge on any atom is 0.108 e. The average molecular weight is 264 g/mol. The van der Waals surface area contributed by atoms with E-state index in [2.05, 4.69) is 34.3 Å². The topological polar surface area (TPSA) is 54.2 Å². The van der Waals surface area contributed by atoms with E-state index in [1.54, 1.807) is 0 Å². The van der Waals surface area contributed by atoms with Crippen LogP contribution in [-0.2, 0) is 6.61 Å². The fraction of sp³-hybridized carbons (Fsp3) is 0.714. The molecule has 0 aromatic carbocycles. The molecule has 0 radical (unpaired) electrons. The highest BCUT2D eigenvalue weighted by Gasteiger charge is 2.20. The van der Waals surface area contributed by atoms with Crippen molar-refractivity contribution in [2.24, 2.45) is 0 Å². The Bertz CT molecular complexity index is 394. The van der Waals surface area contributed by atoms with E-state index < -0.39 is 0 Å². The summed E-state index contributed by atoms with van der Waals surface area (Å²) >= 11 is 0. The van der Waals surface area contributed by atoms with Crippen LogP contribution in [0, 0.1) is 0 Å². The molecule has 1 fully saturated rings. The highest BCUT2D eigenvalue weighted by molar-refractivity contribution is 4.92. The van der Waals surface area contributed by atoms with Gasteiger partial charge in [-0.15, -0.1) is 5.10 Å². The quantitative estimate of drug-likeness (QED) is 0.796. The molecular weight excluding hydrogens is 240 g/mol. The number of aromatic nitrogens is 3. The molecule has 0 bridgehead atoms. The van der Waals surface area contributed by atoms with Crippen molar-refractivity contribution in [2.75, 3.05) is 19.6 Å². The molecule has 1 aromatic rings. The van der Waals surface area contributed by atoms with E-state index in [4.69, 9.17) is 5.11 Å². The maximum atomic E-state index is 9.00. The Kier molecular flexibility index (Phi) is 5.54. The van der Waals surface area contributed by atoms with Crippen LogP contribution < -0.4 is 0 Å². The zero-order valence-corrected chi connectivity index (χ0v) is 11.7. The Morgan fingerprint density at radius 1 is 1.37 bits per heavy atom. The second kappa shape index (κ2) is 7.40. The summed E-state index contributed by atoms with van der Waals surface area (Å²) in [6.45, 7) is 5.45. The van der Waals surface area contributed by atoms with E-state index >= 15 is 0 Å². The van der Waals surface area contributed by atoms with E-state index in [-0.39, 0.29) is 6.61 Å². The Labute approximate surface area is 114 Å². The number of rotatable bonds is 6. The van der Waals surface area contributed by atoms with Crippen molar-refractivity contribution in [3.63, 3.8) is 0 Å². The highest BCUT2D eigenvalue weighted by Crippen LogP contribution is 2.21. The molecule has 5 heteroatoms. The van der Waals surface area contributed by atoms with Crippen molar-refractivity contribution < 1.29 is 5.11 Å². The van der Waals surface area contributed by atoms with Crippen LogP contribution in [-0.4, -0.2) is 44.6 Å². The molecule has 0 amide bonds. The molecule has 2 heterocycles. The van der Waals surface area contributed by atoms with Gasteiger partial charge in [0.25, 0.3) is 0 Å². The summed E-state index contributed by atoms with van der Waals surface area (Å²) in [5.74, 6) is 0. The highest BCUT2D eigenvalue weighted by atomic mass is 16.3. The van der Waals surface area contributed by atoms with Crippen LogP contribution in [0.15, 0.2) is 18.3 Å². The molecule has 5 nitrogen and oxygen atoms in total. The number of piperidine rings is 1. The number of hydrogen-bond acceptors (Lipinski definition) is 4. The van der Waals surface area contributed by atoms with Crippen molar-refractivity contribution in [1.29, 1.82) is 0 Å². The first-order chi connectivity index (χ1) is 9.33. The molecule has 0 unspecified atom stereocenters. The first-order valence-corrected chi connectivity index (χ1v) is 7.22. The van der Waals surface area contributed by atoms with Crippen LogP contribution in [0.4, 0.5) is 0 Å². The van der Waals surface area contributed by atoms with E-state index in [0.29, 0.717) is 11.7 Å². The molecule has 0 saturated carbocycles. The number of likely N-dealkylation sites (tertiary alicyclic amines) is 1. The van der Waals surface area contributed by atoms with Crippen molar-refractivity contribution in [3.05, 3.63) is 24.0 Å². The van der Waals surface area contributed by atoms with Gasteiger partial charge in [0.1, 0.15) is 5.69 Å². The van der Waals surface area contributed by atoms with Crippen LogP contribution >= 0.6 is 0 Å². The lowest BCUT2D eigenvalue weighted by atomic mass is 10.1. The first-order valence-electron chi connectivity index (χ1n) is 7.22. The summed E-state index contributed by atoms with van der Waals surface area (Å²) < 4.78 is 1.91. The van der Waals surface area contributed by atoms with Gasteiger partial charge in [-0.25, -0.2) is 4.68 Å². The molecule has 1 N–H and O–H groups in total. The van der Waals surface area contributed by atoms with Gasteiger partial charge in [-0.1, -0.05) is 30.7 Å². The molecule has 0 aliphatic carbocycles. The lowest BCUT2D eigenvalue weighted by Crippen LogP contribution is -2.34. The molecule has 1 aliphatic rings. The number of allylic oxidation sites excluding steroid dienone is 1. The summed E-state index contributed by atoms with van der Waals surface area (Å²) in [6.07, 6.45) is 11.0. The van der Waals surface area contributed by atoms with Gasteiger partial charge in [-0.3, -0.25) is 4.90 Å². The number of nitrogens with zero attached hydrogens (tertiary/aromatic N) is 4. The summed E-state index contributed by atoms with van der Waals surface area (Å²) in [5.41, 5.74) is 0.657. The molecule has 2 rings (SSSR count). The standard InChI is InChI=1S/C14H24N4O/c1-2-3-4-5-8-17-9-6-14(7-10-17)18-11-13(12-19)15-16-18/h4-5,11,14,19H,2-3,6-10,12H2,1H3. The summed E-state index contributed by atoms with van der Waals surface area (Å²) in [6, 6.07) is 0.434. The predicted octanol–water partition coefficient (Wildman–Crippen LogP) is 1.76. The first kappa shape index (κ1) is 14.2. The minimum Gasteiger partial charge on any atom is -0.390 e. The van der Waals surface area contributed by atoms with Gasteiger partial charge >= 0.3 is 0 Å². The fourth-order valence-corrected chi connectivity index (χ4v) is 2.44. The third kappa shape index (κ3) is 4.14. The number of unbranched alkanes of at least 4 members (excludes halogenated alkanes) is 1. The summed E-state index contributed by atoms with van der Waals surface area (Å²) in [4.78, 5) is 2.48. The molecule has 1 saturated heterocycles. The molecule has 19 heavy (non-hydrogen) atoms. The van der Waals surface area contributed by atoms with Crippen molar-refractivity contribution in [1.82, 2.24) is 19.9 Å². The lowest BCUT2D eigenvalue weighted by molar-refractivity contribution is 0.193. The second-order valence-electron chi connectivity index (χ2n) is 5.14. The maximum absolute atomic E-state index is 9.00. The van der Waals surface area contributed by atoms with E-state index in [1.807, 2.05) is 10.9 Å². The van der Waals surface area contributed by atoms with Gasteiger partial charge in [0.05, 0.1) is 18.8 Å². The Morgan fingerprint density at radius 2 is 2.16 bits per heavy atom. The molecule has 1 aromatic heterocycles.